The zero-order valence-corrected chi connectivity index (χ0v) is 10.1. The highest BCUT2D eigenvalue weighted by Gasteiger charge is 2.12. The summed E-state index contributed by atoms with van der Waals surface area (Å²) in [7, 11) is 1.92. The lowest BCUT2D eigenvalue weighted by Gasteiger charge is -2.02. The molecule has 1 heterocycles. The number of hydrogen-bond acceptors (Lipinski definition) is 3. The summed E-state index contributed by atoms with van der Waals surface area (Å²) in [4.78, 5) is 4.40. The number of nitrogens with zero attached hydrogens (tertiary/aromatic N) is 3. The fourth-order valence-electron chi connectivity index (χ4n) is 1.80. The van der Waals surface area contributed by atoms with E-state index in [0.29, 0.717) is 5.84 Å². The van der Waals surface area contributed by atoms with Crippen molar-refractivity contribution in [2.24, 2.45) is 17.9 Å². The number of para-hydroxylation sites is 1. The van der Waals surface area contributed by atoms with E-state index in [1.54, 1.807) is 0 Å². The van der Waals surface area contributed by atoms with E-state index in [1.807, 2.05) is 36.0 Å². The number of aryl methyl sites for hydroxylation is 1. The fraction of sp³-hybridized carbons (Fsp3) is 0.333. The van der Waals surface area contributed by atoms with Gasteiger partial charge in [0.1, 0.15) is 5.69 Å². The minimum Gasteiger partial charge on any atom is -0.307 e. The Morgan fingerprint density at radius 2 is 2.24 bits per heavy atom. The molecule has 0 bridgehead atoms. The Bertz CT molecular complexity index is 541. The third-order valence-corrected chi connectivity index (χ3v) is 2.61. The Hall–Kier alpha value is -1.88. The van der Waals surface area contributed by atoms with Crippen molar-refractivity contribution in [1.29, 1.82) is 0 Å². The first-order valence-electron chi connectivity index (χ1n) is 5.71. The zero-order valence-electron chi connectivity index (χ0n) is 10.1. The first kappa shape index (κ1) is 11.6. The number of nitrogens with one attached hydrogen (secondary N) is 1. The molecule has 5 nitrogen and oxygen atoms in total. The number of hydrogen-bond donors (Lipinski definition) is 2. The standard InChI is InChI=1S/C12H17N5/c1-3-8-14-12(15-13)11-9-6-4-5-7-10(9)17(2)16-11/h4-7H,3,8,13H2,1-2H3,(H,14,15). The lowest BCUT2D eigenvalue weighted by molar-refractivity contribution is 0.788. The van der Waals surface area contributed by atoms with Crippen molar-refractivity contribution >= 4 is 16.7 Å². The summed E-state index contributed by atoms with van der Waals surface area (Å²) >= 11 is 0. The van der Waals surface area contributed by atoms with Crippen LogP contribution in [0.3, 0.4) is 0 Å². The number of fused-ring (bicyclic) bond motifs is 1. The summed E-state index contributed by atoms with van der Waals surface area (Å²) in [5, 5.41) is 5.52. The van der Waals surface area contributed by atoms with Gasteiger partial charge in [0.25, 0.3) is 0 Å². The van der Waals surface area contributed by atoms with Crippen molar-refractivity contribution in [2.45, 2.75) is 13.3 Å². The normalized spacial score (nSPS) is 12.1. The fourth-order valence-corrected chi connectivity index (χ4v) is 1.80. The minimum atomic E-state index is 0.642. The van der Waals surface area contributed by atoms with E-state index in [-0.39, 0.29) is 0 Å². The molecule has 1 aromatic heterocycles. The van der Waals surface area contributed by atoms with Gasteiger partial charge in [-0.1, -0.05) is 25.1 Å². The molecule has 0 atom stereocenters. The molecule has 1 aromatic carbocycles. The molecule has 0 saturated heterocycles. The van der Waals surface area contributed by atoms with Gasteiger partial charge in [0.15, 0.2) is 5.84 Å². The highest BCUT2D eigenvalue weighted by Crippen LogP contribution is 2.17. The molecule has 2 aromatic rings. The highest BCUT2D eigenvalue weighted by molar-refractivity contribution is 6.07. The molecule has 0 amide bonds. The Morgan fingerprint density at radius 3 is 2.94 bits per heavy atom. The topological polar surface area (TPSA) is 68.2 Å². The molecular formula is C12H17N5. The van der Waals surface area contributed by atoms with Crippen molar-refractivity contribution in [3.8, 4) is 0 Å². The van der Waals surface area contributed by atoms with Gasteiger partial charge in [0, 0.05) is 19.0 Å². The molecule has 5 heteroatoms. The van der Waals surface area contributed by atoms with Crippen LogP contribution < -0.4 is 11.3 Å². The third kappa shape index (κ3) is 2.14. The second-order valence-corrected chi connectivity index (χ2v) is 3.86. The highest BCUT2D eigenvalue weighted by atomic mass is 15.3. The molecular weight excluding hydrogens is 214 g/mol. The van der Waals surface area contributed by atoms with Gasteiger partial charge in [-0.05, 0) is 12.5 Å². The Morgan fingerprint density at radius 1 is 1.47 bits per heavy atom. The molecule has 0 fully saturated rings. The van der Waals surface area contributed by atoms with Crippen LogP contribution in [0, 0.1) is 0 Å². The molecule has 0 aliphatic heterocycles. The molecule has 0 saturated carbocycles. The smallest absolute Gasteiger partial charge is 0.164 e. The van der Waals surface area contributed by atoms with Crippen LogP contribution in [0.15, 0.2) is 29.3 Å². The first-order valence-corrected chi connectivity index (χ1v) is 5.71. The second-order valence-electron chi connectivity index (χ2n) is 3.86. The van der Waals surface area contributed by atoms with Crippen LogP contribution in [0.4, 0.5) is 0 Å². The molecule has 90 valence electrons. The first-order chi connectivity index (χ1) is 8.27. The largest absolute Gasteiger partial charge is 0.307 e. The van der Waals surface area contributed by atoms with Gasteiger partial charge in [0.05, 0.1) is 5.52 Å². The summed E-state index contributed by atoms with van der Waals surface area (Å²) < 4.78 is 1.84. The van der Waals surface area contributed by atoms with Gasteiger partial charge < -0.3 is 5.43 Å². The number of nitrogens with two attached hydrogens (primary N) is 1. The molecule has 3 N–H and O–H groups in total. The number of benzene rings is 1. The second kappa shape index (κ2) is 4.97. The summed E-state index contributed by atoms with van der Waals surface area (Å²) in [6.07, 6.45) is 0.982. The van der Waals surface area contributed by atoms with Gasteiger partial charge in [-0.3, -0.25) is 9.67 Å². The summed E-state index contributed by atoms with van der Waals surface area (Å²) in [5.74, 6) is 6.16. The molecule has 17 heavy (non-hydrogen) atoms. The quantitative estimate of drug-likeness (QED) is 0.361. The maximum atomic E-state index is 5.52. The summed E-state index contributed by atoms with van der Waals surface area (Å²) in [5.41, 5.74) is 4.51. The predicted octanol–water partition coefficient (Wildman–Crippen LogP) is 1.19. The number of aromatic nitrogens is 2. The molecule has 0 aliphatic carbocycles. The van der Waals surface area contributed by atoms with Gasteiger partial charge in [0.2, 0.25) is 0 Å². The van der Waals surface area contributed by atoms with E-state index in [2.05, 4.69) is 22.4 Å². The van der Waals surface area contributed by atoms with E-state index < -0.39 is 0 Å². The summed E-state index contributed by atoms with van der Waals surface area (Å²) in [6, 6.07) is 8.03. The number of hydrazine groups is 1. The number of rotatable bonds is 3. The maximum absolute atomic E-state index is 5.52. The van der Waals surface area contributed by atoms with Crippen LogP contribution in [0.2, 0.25) is 0 Å². The molecule has 0 aliphatic rings. The van der Waals surface area contributed by atoms with Crippen LogP contribution in [0.1, 0.15) is 19.0 Å². The average molecular weight is 231 g/mol. The van der Waals surface area contributed by atoms with Crippen molar-refractivity contribution < 1.29 is 0 Å². The van der Waals surface area contributed by atoms with Crippen LogP contribution >= 0.6 is 0 Å². The maximum Gasteiger partial charge on any atom is 0.164 e. The number of aliphatic imine (C=N–C) groups is 1. The van der Waals surface area contributed by atoms with Crippen LogP contribution in [-0.4, -0.2) is 22.2 Å². The Kier molecular flexibility index (Phi) is 3.39. The number of amidine groups is 1. The Labute approximate surface area is 100 Å². The Balaban J connectivity index is 2.54. The molecule has 0 radical (unpaired) electrons. The van der Waals surface area contributed by atoms with E-state index in [4.69, 9.17) is 5.84 Å². The minimum absolute atomic E-state index is 0.642. The molecule has 0 unspecified atom stereocenters. The molecule has 2 rings (SSSR count). The zero-order chi connectivity index (χ0) is 12.3. The van der Waals surface area contributed by atoms with E-state index in [0.717, 1.165) is 29.6 Å². The van der Waals surface area contributed by atoms with Crippen molar-refractivity contribution in [3.63, 3.8) is 0 Å². The van der Waals surface area contributed by atoms with Crippen molar-refractivity contribution in [1.82, 2.24) is 15.2 Å². The van der Waals surface area contributed by atoms with E-state index >= 15 is 0 Å². The third-order valence-electron chi connectivity index (χ3n) is 2.61. The average Bonchev–Trinajstić information content (AvgIpc) is 2.69. The van der Waals surface area contributed by atoms with E-state index in [9.17, 15) is 0 Å². The monoisotopic (exact) mass is 231 g/mol. The SMILES string of the molecule is CCCN=C(NN)c1nn(C)c2ccccc12. The van der Waals surface area contributed by atoms with Crippen LogP contribution in [-0.2, 0) is 7.05 Å². The lowest BCUT2D eigenvalue weighted by Crippen LogP contribution is -2.32. The van der Waals surface area contributed by atoms with Gasteiger partial charge in [-0.2, -0.15) is 5.10 Å². The van der Waals surface area contributed by atoms with Crippen LogP contribution in [0.25, 0.3) is 10.9 Å². The van der Waals surface area contributed by atoms with Gasteiger partial charge >= 0.3 is 0 Å². The molecule has 0 spiro atoms. The van der Waals surface area contributed by atoms with E-state index in [1.165, 1.54) is 0 Å². The van der Waals surface area contributed by atoms with Crippen LogP contribution in [0.5, 0.6) is 0 Å². The van der Waals surface area contributed by atoms with Gasteiger partial charge in [-0.15, -0.1) is 0 Å². The van der Waals surface area contributed by atoms with Gasteiger partial charge in [-0.25, -0.2) is 5.84 Å². The summed E-state index contributed by atoms with van der Waals surface area (Å²) in [6.45, 7) is 2.82. The lowest BCUT2D eigenvalue weighted by atomic mass is 10.2. The van der Waals surface area contributed by atoms with Crippen molar-refractivity contribution in [3.05, 3.63) is 30.0 Å². The predicted molar refractivity (Wildman–Crippen MR) is 69.7 cm³/mol. The van der Waals surface area contributed by atoms with Crippen molar-refractivity contribution in [2.75, 3.05) is 6.54 Å².